The first-order chi connectivity index (χ1) is 7.43. The Morgan fingerprint density at radius 2 is 2.12 bits per heavy atom. The first-order valence-corrected chi connectivity index (χ1v) is 5.31. The van der Waals surface area contributed by atoms with E-state index in [0.29, 0.717) is 19.7 Å². The fraction of sp³-hybridized carbons (Fsp3) is 0.800. The molecule has 3 amide bonds. The summed E-state index contributed by atoms with van der Waals surface area (Å²) in [6, 6.07) is -0.475. The maximum absolute atomic E-state index is 11.4. The predicted octanol–water partition coefficient (Wildman–Crippen LogP) is -0.447. The molecule has 0 atom stereocenters. The number of imide groups is 1. The molecule has 1 fully saturated rings. The lowest BCUT2D eigenvalue weighted by atomic mass is 10.1. The molecule has 1 saturated heterocycles. The van der Waals surface area contributed by atoms with Gasteiger partial charge in [0.25, 0.3) is 0 Å². The molecule has 0 aromatic carbocycles. The van der Waals surface area contributed by atoms with Crippen molar-refractivity contribution in [2.75, 3.05) is 33.3 Å². The van der Waals surface area contributed by atoms with E-state index < -0.39 is 6.03 Å². The molecule has 2 N–H and O–H groups in total. The van der Waals surface area contributed by atoms with Gasteiger partial charge in [0.05, 0.1) is 18.8 Å². The molecule has 0 saturated carbocycles. The second-order valence-electron chi connectivity index (χ2n) is 4.45. The Labute approximate surface area is 95.3 Å². The molecule has 0 aliphatic carbocycles. The monoisotopic (exact) mass is 229 g/mol. The van der Waals surface area contributed by atoms with E-state index >= 15 is 0 Å². The smallest absolute Gasteiger partial charge is 0.321 e. The van der Waals surface area contributed by atoms with Crippen molar-refractivity contribution in [2.24, 2.45) is 0 Å². The third kappa shape index (κ3) is 4.16. The molecule has 1 rings (SSSR count). The molecule has 0 bridgehead atoms. The fourth-order valence-corrected chi connectivity index (χ4v) is 1.68. The summed E-state index contributed by atoms with van der Waals surface area (Å²) in [5, 5.41) is 4.57. The molecule has 6 nitrogen and oxygen atoms in total. The Bertz CT molecular complexity index is 278. The van der Waals surface area contributed by atoms with Gasteiger partial charge in [-0.15, -0.1) is 0 Å². The number of rotatable bonds is 2. The van der Waals surface area contributed by atoms with Gasteiger partial charge in [0.15, 0.2) is 0 Å². The average Bonchev–Trinajstić information content (AvgIpc) is 2.15. The van der Waals surface area contributed by atoms with E-state index in [4.69, 9.17) is 4.74 Å². The minimum atomic E-state index is -0.475. The molecule has 92 valence electrons. The highest BCUT2D eigenvalue weighted by atomic mass is 16.5. The van der Waals surface area contributed by atoms with Crippen molar-refractivity contribution in [3.63, 3.8) is 0 Å². The number of urea groups is 1. The molecule has 1 heterocycles. The first-order valence-electron chi connectivity index (χ1n) is 5.31. The van der Waals surface area contributed by atoms with Gasteiger partial charge in [-0.25, -0.2) is 4.79 Å². The van der Waals surface area contributed by atoms with E-state index in [9.17, 15) is 9.59 Å². The molecule has 0 aromatic heterocycles. The largest absolute Gasteiger partial charge is 0.373 e. The normalized spacial score (nSPS) is 20.2. The van der Waals surface area contributed by atoms with Crippen LogP contribution in [0.4, 0.5) is 4.79 Å². The fourth-order valence-electron chi connectivity index (χ4n) is 1.68. The minimum absolute atomic E-state index is 0.222. The lowest BCUT2D eigenvalue weighted by molar-refractivity contribution is -0.126. The second-order valence-corrected chi connectivity index (χ2v) is 4.45. The van der Waals surface area contributed by atoms with Crippen LogP contribution in [0.3, 0.4) is 0 Å². The van der Waals surface area contributed by atoms with Gasteiger partial charge in [-0.1, -0.05) is 0 Å². The maximum atomic E-state index is 11.4. The van der Waals surface area contributed by atoms with Crippen LogP contribution in [-0.2, 0) is 9.53 Å². The molecular formula is C10H19N3O3. The number of carbonyl (C=O) groups is 2. The van der Waals surface area contributed by atoms with Crippen LogP contribution < -0.4 is 10.6 Å². The molecule has 0 radical (unpaired) electrons. The number of ether oxygens (including phenoxy) is 1. The summed E-state index contributed by atoms with van der Waals surface area (Å²) in [4.78, 5) is 24.3. The molecule has 0 unspecified atom stereocenters. The summed E-state index contributed by atoms with van der Waals surface area (Å²) in [6.07, 6.45) is 0. The minimum Gasteiger partial charge on any atom is -0.373 e. The standard InChI is InChI=1S/C10H19N3O3/c1-10(2)7-13(4-5-16-10)6-8(14)12-9(15)11-3/h4-7H2,1-3H3,(H2,11,12,14,15). The summed E-state index contributed by atoms with van der Waals surface area (Å²) in [5.41, 5.74) is -0.231. The third-order valence-electron chi connectivity index (χ3n) is 2.35. The van der Waals surface area contributed by atoms with E-state index in [1.807, 2.05) is 18.7 Å². The zero-order chi connectivity index (χ0) is 12.2. The van der Waals surface area contributed by atoms with Crippen molar-refractivity contribution in [2.45, 2.75) is 19.4 Å². The van der Waals surface area contributed by atoms with E-state index in [0.717, 1.165) is 0 Å². The van der Waals surface area contributed by atoms with Crippen molar-refractivity contribution >= 4 is 11.9 Å². The highest BCUT2D eigenvalue weighted by Gasteiger charge is 2.28. The number of nitrogens with zero attached hydrogens (tertiary/aromatic N) is 1. The lowest BCUT2D eigenvalue weighted by Gasteiger charge is -2.37. The number of morpholine rings is 1. The summed E-state index contributed by atoms with van der Waals surface area (Å²) in [7, 11) is 1.47. The quantitative estimate of drug-likeness (QED) is 0.673. The van der Waals surface area contributed by atoms with Gasteiger partial charge in [0, 0.05) is 20.1 Å². The Morgan fingerprint density at radius 3 is 2.69 bits per heavy atom. The zero-order valence-corrected chi connectivity index (χ0v) is 10.0. The molecule has 1 aliphatic rings. The molecule has 16 heavy (non-hydrogen) atoms. The second kappa shape index (κ2) is 5.27. The van der Waals surface area contributed by atoms with Gasteiger partial charge >= 0.3 is 6.03 Å². The van der Waals surface area contributed by atoms with Crippen LogP contribution in [0.25, 0.3) is 0 Å². The van der Waals surface area contributed by atoms with E-state index in [1.54, 1.807) is 0 Å². The van der Waals surface area contributed by atoms with E-state index in [-0.39, 0.29) is 18.1 Å². The number of hydrogen-bond donors (Lipinski definition) is 2. The lowest BCUT2D eigenvalue weighted by Crippen LogP contribution is -2.52. The Morgan fingerprint density at radius 1 is 1.44 bits per heavy atom. The van der Waals surface area contributed by atoms with Gasteiger partial charge in [0.2, 0.25) is 5.91 Å². The summed E-state index contributed by atoms with van der Waals surface area (Å²) in [6.45, 7) is 6.20. The predicted molar refractivity (Wildman–Crippen MR) is 59.1 cm³/mol. The molecule has 6 heteroatoms. The van der Waals surface area contributed by atoms with Crippen molar-refractivity contribution in [1.29, 1.82) is 0 Å². The van der Waals surface area contributed by atoms with Crippen LogP contribution in [0.5, 0.6) is 0 Å². The van der Waals surface area contributed by atoms with E-state index in [2.05, 4.69) is 10.6 Å². The van der Waals surface area contributed by atoms with Gasteiger partial charge in [-0.3, -0.25) is 15.0 Å². The van der Waals surface area contributed by atoms with Gasteiger partial charge in [-0.05, 0) is 13.8 Å². The topological polar surface area (TPSA) is 70.7 Å². The van der Waals surface area contributed by atoms with E-state index in [1.165, 1.54) is 7.05 Å². The van der Waals surface area contributed by atoms with Crippen molar-refractivity contribution in [3.8, 4) is 0 Å². The third-order valence-corrected chi connectivity index (χ3v) is 2.35. The van der Waals surface area contributed by atoms with Gasteiger partial charge in [0.1, 0.15) is 0 Å². The number of hydrogen-bond acceptors (Lipinski definition) is 4. The SMILES string of the molecule is CNC(=O)NC(=O)CN1CCOC(C)(C)C1. The molecular weight excluding hydrogens is 210 g/mol. The summed E-state index contributed by atoms with van der Waals surface area (Å²) < 4.78 is 5.53. The molecule has 0 aromatic rings. The average molecular weight is 229 g/mol. The van der Waals surface area contributed by atoms with Gasteiger partial charge in [-0.2, -0.15) is 0 Å². The Hall–Kier alpha value is -1.14. The number of carbonyl (C=O) groups excluding carboxylic acids is 2. The summed E-state index contributed by atoms with van der Waals surface area (Å²) >= 11 is 0. The van der Waals surface area contributed by atoms with Crippen LogP contribution in [0, 0.1) is 0 Å². The van der Waals surface area contributed by atoms with Crippen LogP contribution in [0.15, 0.2) is 0 Å². The van der Waals surface area contributed by atoms with Crippen molar-refractivity contribution in [1.82, 2.24) is 15.5 Å². The van der Waals surface area contributed by atoms with Crippen LogP contribution in [-0.4, -0.2) is 55.7 Å². The summed E-state index contributed by atoms with van der Waals surface area (Å²) in [5.74, 6) is -0.294. The molecule has 0 spiro atoms. The highest BCUT2D eigenvalue weighted by molar-refractivity contribution is 5.95. The highest BCUT2D eigenvalue weighted by Crippen LogP contribution is 2.15. The van der Waals surface area contributed by atoms with Crippen molar-refractivity contribution in [3.05, 3.63) is 0 Å². The zero-order valence-electron chi connectivity index (χ0n) is 10.0. The van der Waals surface area contributed by atoms with Crippen LogP contribution >= 0.6 is 0 Å². The first kappa shape index (κ1) is 12.9. The number of amides is 3. The Kier molecular flexibility index (Phi) is 4.26. The molecule has 1 aliphatic heterocycles. The Balaban J connectivity index is 2.36. The van der Waals surface area contributed by atoms with Crippen LogP contribution in [0.1, 0.15) is 13.8 Å². The van der Waals surface area contributed by atoms with Gasteiger partial charge < -0.3 is 10.1 Å². The van der Waals surface area contributed by atoms with Crippen LogP contribution in [0.2, 0.25) is 0 Å². The van der Waals surface area contributed by atoms with Crippen molar-refractivity contribution < 1.29 is 14.3 Å². The number of nitrogens with one attached hydrogen (secondary N) is 2. The maximum Gasteiger partial charge on any atom is 0.321 e.